The number of aryl methyl sites for hydroxylation is 1. The monoisotopic (exact) mass is 252 g/mol. The molecule has 1 fully saturated rings. The van der Waals surface area contributed by atoms with Crippen LogP contribution in [0.3, 0.4) is 0 Å². The number of esters is 1. The molecule has 5 nitrogen and oxygen atoms in total. The number of furan rings is 1. The van der Waals surface area contributed by atoms with Crippen LogP contribution in [-0.4, -0.2) is 56.1 Å². The summed E-state index contributed by atoms with van der Waals surface area (Å²) in [6.07, 6.45) is 0. The minimum atomic E-state index is -0.419. The van der Waals surface area contributed by atoms with Crippen molar-refractivity contribution >= 4 is 5.97 Å². The number of likely N-dealkylation sites (N-methyl/N-ethyl adjacent to an activating group) is 1. The Morgan fingerprint density at radius 1 is 1.33 bits per heavy atom. The number of hydrogen-bond acceptors (Lipinski definition) is 5. The molecule has 2 rings (SSSR count). The summed E-state index contributed by atoms with van der Waals surface area (Å²) in [6.45, 7) is 5.47. The number of piperazine rings is 1. The maximum absolute atomic E-state index is 12.0. The van der Waals surface area contributed by atoms with Gasteiger partial charge in [-0.3, -0.25) is 4.90 Å². The number of rotatable bonds is 3. The number of carbonyl (C=O) groups excluding carboxylic acids is 1. The standard InChI is InChI=1S/C13H20N2O3/c1-10-4-5-11(18-10)12(13(16)17-3)15-8-6-14(2)7-9-15/h4-5,12H,6-9H2,1-3H3. The molecule has 0 N–H and O–H groups in total. The van der Waals surface area contributed by atoms with Gasteiger partial charge in [-0.15, -0.1) is 0 Å². The van der Waals surface area contributed by atoms with Gasteiger partial charge in [-0.05, 0) is 26.1 Å². The van der Waals surface area contributed by atoms with E-state index in [1.807, 2.05) is 19.1 Å². The van der Waals surface area contributed by atoms with E-state index in [1.54, 1.807) is 0 Å². The number of carbonyl (C=O) groups is 1. The molecule has 0 radical (unpaired) electrons. The first-order valence-corrected chi connectivity index (χ1v) is 6.18. The van der Waals surface area contributed by atoms with Gasteiger partial charge in [0.1, 0.15) is 11.5 Å². The highest BCUT2D eigenvalue weighted by atomic mass is 16.5. The fourth-order valence-corrected chi connectivity index (χ4v) is 2.24. The first kappa shape index (κ1) is 13.1. The van der Waals surface area contributed by atoms with E-state index in [9.17, 15) is 4.79 Å². The van der Waals surface area contributed by atoms with Crippen LogP contribution in [0.1, 0.15) is 17.6 Å². The zero-order valence-electron chi connectivity index (χ0n) is 11.2. The molecule has 0 spiro atoms. The highest BCUT2D eigenvalue weighted by Crippen LogP contribution is 2.25. The van der Waals surface area contributed by atoms with Crippen LogP contribution >= 0.6 is 0 Å². The summed E-state index contributed by atoms with van der Waals surface area (Å²) >= 11 is 0. The lowest BCUT2D eigenvalue weighted by molar-refractivity contribution is -0.148. The third-order valence-electron chi connectivity index (χ3n) is 3.36. The maximum atomic E-state index is 12.0. The maximum Gasteiger partial charge on any atom is 0.331 e. The molecule has 5 heteroatoms. The average Bonchev–Trinajstić information content (AvgIpc) is 2.78. The van der Waals surface area contributed by atoms with Gasteiger partial charge in [0.05, 0.1) is 7.11 Å². The number of ether oxygens (including phenoxy) is 1. The Labute approximate surface area is 107 Å². The van der Waals surface area contributed by atoms with Gasteiger partial charge in [-0.1, -0.05) is 0 Å². The number of nitrogens with zero attached hydrogens (tertiary/aromatic N) is 2. The quantitative estimate of drug-likeness (QED) is 0.752. The van der Waals surface area contributed by atoms with Crippen LogP contribution in [0, 0.1) is 6.92 Å². The topological polar surface area (TPSA) is 45.9 Å². The lowest BCUT2D eigenvalue weighted by Crippen LogP contribution is -2.47. The minimum Gasteiger partial charge on any atom is -0.467 e. The smallest absolute Gasteiger partial charge is 0.331 e. The number of methoxy groups -OCH3 is 1. The van der Waals surface area contributed by atoms with E-state index in [0.717, 1.165) is 31.9 Å². The second kappa shape index (κ2) is 5.54. The molecule has 18 heavy (non-hydrogen) atoms. The number of hydrogen-bond donors (Lipinski definition) is 0. The van der Waals surface area contributed by atoms with Gasteiger partial charge < -0.3 is 14.1 Å². The highest BCUT2D eigenvalue weighted by Gasteiger charge is 2.32. The summed E-state index contributed by atoms with van der Waals surface area (Å²) < 4.78 is 10.5. The highest BCUT2D eigenvalue weighted by molar-refractivity contribution is 5.76. The van der Waals surface area contributed by atoms with Gasteiger partial charge >= 0.3 is 5.97 Å². The van der Waals surface area contributed by atoms with Crippen molar-refractivity contribution in [3.8, 4) is 0 Å². The third-order valence-corrected chi connectivity index (χ3v) is 3.36. The van der Waals surface area contributed by atoms with Gasteiger partial charge in [0, 0.05) is 26.2 Å². The Morgan fingerprint density at radius 2 is 2.00 bits per heavy atom. The average molecular weight is 252 g/mol. The molecular weight excluding hydrogens is 232 g/mol. The molecule has 2 heterocycles. The van der Waals surface area contributed by atoms with Crippen molar-refractivity contribution in [1.82, 2.24) is 9.80 Å². The molecule has 0 aliphatic carbocycles. The second-order valence-corrected chi connectivity index (χ2v) is 4.71. The summed E-state index contributed by atoms with van der Waals surface area (Å²) in [4.78, 5) is 16.3. The summed E-state index contributed by atoms with van der Waals surface area (Å²) in [5.41, 5.74) is 0. The normalized spacial score (nSPS) is 19.7. The van der Waals surface area contributed by atoms with Crippen molar-refractivity contribution < 1.29 is 13.9 Å². The summed E-state index contributed by atoms with van der Waals surface area (Å²) in [6, 6.07) is 3.31. The van der Waals surface area contributed by atoms with Crippen LogP contribution in [0.15, 0.2) is 16.5 Å². The molecule has 0 bridgehead atoms. The SMILES string of the molecule is COC(=O)C(c1ccc(C)o1)N1CCN(C)CC1. The zero-order chi connectivity index (χ0) is 13.1. The second-order valence-electron chi connectivity index (χ2n) is 4.71. The molecule has 1 saturated heterocycles. The zero-order valence-corrected chi connectivity index (χ0v) is 11.2. The van der Waals surface area contributed by atoms with Gasteiger partial charge in [0.2, 0.25) is 0 Å². The molecule has 100 valence electrons. The molecule has 0 aromatic carbocycles. The van der Waals surface area contributed by atoms with E-state index in [1.165, 1.54) is 7.11 Å². The van der Waals surface area contributed by atoms with Gasteiger partial charge in [-0.25, -0.2) is 4.79 Å². The fourth-order valence-electron chi connectivity index (χ4n) is 2.24. The van der Waals surface area contributed by atoms with E-state index < -0.39 is 6.04 Å². The van der Waals surface area contributed by atoms with Crippen molar-refractivity contribution in [3.05, 3.63) is 23.7 Å². The van der Waals surface area contributed by atoms with Crippen molar-refractivity contribution in [1.29, 1.82) is 0 Å². The predicted octanol–water partition coefficient (Wildman–Crippen LogP) is 1.05. The third kappa shape index (κ3) is 2.73. The Hall–Kier alpha value is -1.33. The molecule has 1 aliphatic rings. The van der Waals surface area contributed by atoms with Crippen LogP contribution in [0.4, 0.5) is 0 Å². The summed E-state index contributed by atoms with van der Waals surface area (Å²) in [5, 5.41) is 0. The van der Waals surface area contributed by atoms with Gasteiger partial charge in [0.25, 0.3) is 0 Å². The van der Waals surface area contributed by atoms with Gasteiger partial charge in [-0.2, -0.15) is 0 Å². The Kier molecular flexibility index (Phi) is 4.04. The molecule has 1 aromatic rings. The van der Waals surface area contributed by atoms with Crippen LogP contribution < -0.4 is 0 Å². The minimum absolute atomic E-state index is 0.256. The van der Waals surface area contributed by atoms with Crippen LogP contribution in [0.5, 0.6) is 0 Å². The van der Waals surface area contributed by atoms with E-state index in [0.29, 0.717) is 5.76 Å². The van der Waals surface area contributed by atoms with E-state index in [4.69, 9.17) is 9.15 Å². The largest absolute Gasteiger partial charge is 0.467 e. The molecule has 1 atom stereocenters. The predicted molar refractivity (Wildman–Crippen MR) is 67.3 cm³/mol. The van der Waals surface area contributed by atoms with Crippen molar-refractivity contribution in [3.63, 3.8) is 0 Å². The Bertz CT molecular complexity index is 408. The summed E-state index contributed by atoms with van der Waals surface area (Å²) in [7, 11) is 3.50. The van der Waals surface area contributed by atoms with E-state index >= 15 is 0 Å². The van der Waals surface area contributed by atoms with Crippen LogP contribution in [0.2, 0.25) is 0 Å². The molecule has 0 saturated carbocycles. The Morgan fingerprint density at radius 3 is 2.50 bits per heavy atom. The Balaban J connectivity index is 2.18. The lowest BCUT2D eigenvalue weighted by atomic mass is 10.1. The lowest BCUT2D eigenvalue weighted by Gasteiger charge is -2.35. The summed E-state index contributed by atoms with van der Waals surface area (Å²) in [5.74, 6) is 1.23. The molecular formula is C13H20N2O3. The first-order valence-electron chi connectivity index (χ1n) is 6.18. The van der Waals surface area contributed by atoms with Crippen LogP contribution in [-0.2, 0) is 9.53 Å². The molecule has 1 unspecified atom stereocenters. The van der Waals surface area contributed by atoms with Crippen molar-refractivity contribution in [2.75, 3.05) is 40.3 Å². The first-order chi connectivity index (χ1) is 8.61. The van der Waals surface area contributed by atoms with Gasteiger partial charge in [0.15, 0.2) is 6.04 Å². The van der Waals surface area contributed by atoms with Crippen molar-refractivity contribution in [2.45, 2.75) is 13.0 Å². The van der Waals surface area contributed by atoms with Crippen LogP contribution in [0.25, 0.3) is 0 Å². The fraction of sp³-hybridized carbons (Fsp3) is 0.615. The van der Waals surface area contributed by atoms with E-state index in [2.05, 4.69) is 16.8 Å². The molecule has 1 aliphatic heterocycles. The molecule has 1 aromatic heterocycles. The molecule has 0 amide bonds. The van der Waals surface area contributed by atoms with E-state index in [-0.39, 0.29) is 5.97 Å². The van der Waals surface area contributed by atoms with Crippen molar-refractivity contribution in [2.24, 2.45) is 0 Å².